The highest BCUT2D eigenvalue weighted by atomic mass is 19.1. The molecular formula is C19H22FN5O2. The molecule has 1 fully saturated rings. The molecule has 4 rings (SSSR count). The maximum absolute atomic E-state index is 14.7. The zero-order valence-electron chi connectivity index (χ0n) is 15.6. The Labute approximate surface area is 156 Å². The first kappa shape index (κ1) is 17.7. The SMILES string of the molecule is CC(C)Oc1cc(N2CCOC[C@H]2C)nc2c(-c3ccn[nH]3)ncc(F)c12. The van der Waals surface area contributed by atoms with E-state index in [1.165, 1.54) is 6.20 Å². The van der Waals surface area contributed by atoms with Gasteiger partial charge in [0.1, 0.15) is 22.8 Å². The number of halogens is 1. The second-order valence-electron chi connectivity index (χ2n) is 6.91. The largest absolute Gasteiger partial charge is 0.490 e. The van der Waals surface area contributed by atoms with E-state index in [0.29, 0.717) is 47.8 Å². The molecule has 0 amide bonds. The number of nitrogens with zero attached hydrogens (tertiary/aromatic N) is 4. The first-order chi connectivity index (χ1) is 13.0. The Bertz CT molecular complexity index is 945. The molecule has 0 spiro atoms. The van der Waals surface area contributed by atoms with Gasteiger partial charge in [-0.3, -0.25) is 5.10 Å². The van der Waals surface area contributed by atoms with E-state index in [1.807, 2.05) is 19.9 Å². The molecule has 0 radical (unpaired) electrons. The summed E-state index contributed by atoms with van der Waals surface area (Å²) in [4.78, 5) is 11.2. The van der Waals surface area contributed by atoms with Crippen LogP contribution >= 0.6 is 0 Å². The molecular weight excluding hydrogens is 349 g/mol. The topological polar surface area (TPSA) is 76.2 Å². The van der Waals surface area contributed by atoms with Gasteiger partial charge in [0.25, 0.3) is 0 Å². The van der Waals surface area contributed by atoms with Gasteiger partial charge < -0.3 is 14.4 Å². The smallest absolute Gasteiger partial charge is 0.154 e. The van der Waals surface area contributed by atoms with Crippen molar-refractivity contribution in [2.75, 3.05) is 24.7 Å². The van der Waals surface area contributed by atoms with E-state index in [-0.39, 0.29) is 12.1 Å². The maximum Gasteiger partial charge on any atom is 0.154 e. The van der Waals surface area contributed by atoms with Gasteiger partial charge in [-0.25, -0.2) is 14.4 Å². The molecule has 0 aromatic carbocycles. The summed E-state index contributed by atoms with van der Waals surface area (Å²) in [5, 5.41) is 7.19. The Hall–Kier alpha value is -2.74. The van der Waals surface area contributed by atoms with Crippen LogP contribution in [0.15, 0.2) is 24.5 Å². The van der Waals surface area contributed by atoms with Gasteiger partial charge in [-0.1, -0.05) is 0 Å². The monoisotopic (exact) mass is 371 g/mol. The molecule has 3 aromatic heterocycles. The predicted molar refractivity (Wildman–Crippen MR) is 100 cm³/mol. The quantitative estimate of drug-likeness (QED) is 0.759. The summed E-state index contributed by atoms with van der Waals surface area (Å²) in [7, 11) is 0. The Morgan fingerprint density at radius 2 is 2.26 bits per heavy atom. The van der Waals surface area contributed by atoms with Crippen molar-refractivity contribution in [1.82, 2.24) is 20.2 Å². The van der Waals surface area contributed by atoms with Crippen molar-refractivity contribution in [1.29, 1.82) is 0 Å². The molecule has 7 nitrogen and oxygen atoms in total. The zero-order valence-corrected chi connectivity index (χ0v) is 15.6. The minimum absolute atomic E-state index is 0.103. The fourth-order valence-corrected chi connectivity index (χ4v) is 3.30. The average Bonchev–Trinajstić information content (AvgIpc) is 3.16. The highest BCUT2D eigenvalue weighted by Crippen LogP contribution is 2.36. The Balaban J connectivity index is 1.96. The van der Waals surface area contributed by atoms with Gasteiger partial charge in [0.15, 0.2) is 5.82 Å². The van der Waals surface area contributed by atoms with E-state index in [2.05, 4.69) is 27.0 Å². The van der Waals surface area contributed by atoms with Crippen molar-refractivity contribution in [3.05, 3.63) is 30.3 Å². The van der Waals surface area contributed by atoms with Crippen LogP contribution in [0.25, 0.3) is 22.3 Å². The highest BCUT2D eigenvalue weighted by Gasteiger charge is 2.24. The van der Waals surface area contributed by atoms with Crippen molar-refractivity contribution in [3.8, 4) is 17.1 Å². The summed E-state index contributed by atoms with van der Waals surface area (Å²) in [6.45, 7) is 7.86. The van der Waals surface area contributed by atoms with E-state index >= 15 is 0 Å². The highest BCUT2D eigenvalue weighted by molar-refractivity contribution is 5.96. The predicted octanol–water partition coefficient (Wildman–Crippen LogP) is 3.17. The number of rotatable bonds is 4. The molecule has 1 aliphatic heterocycles. The number of H-pyrrole nitrogens is 1. The maximum atomic E-state index is 14.7. The van der Waals surface area contributed by atoms with Gasteiger partial charge >= 0.3 is 0 Å². The summed E-state index contributed by atoms with van der Waals surface area (Å²) in [6, 6.07) is 3.76. The van der Waals surface area contributed by atoms with E-state index in [0.717, 1.165) is 5.82 Å². The summed E-state index contributed by atoms with van der Waals surface area (Å²) in [6.07, 6.45) is 2.73. The first-order valence-electron chi connectivity index (χ1n) is 9.04. The third kappa shape index (κ3) is 3.32. The Morgan fingerprint density at radius 1 is 1.41 bits per heavy atom. The van der Waals surface area contributed by atoms with Crippen molar-refractivity contribution < 1.29 is 13.9 Å². The number of aromatic nitrogens is 4. The van der Waals surface area contributed by atoms with Crippen LogP contribution in [0.2, 0.25) is 0 Å². The van der Waals surface area contributed by atoms with E-state index in [9.17, 15) is 4.39 Å². The molecule has 1 N–H and O–H groups in total. The molecule has 1 aliphatic rings. The number of hydrogen-bond acceptors (Lipinski definition) is 6. The zero-order chi connectivity index (χ0) is 19.0. The summed E-state index contributed by atoms with van der Waals surface area (Å²) >= 11 is 0. The molecule has 3 aromatic rings. The molecule has 0 unspecified atom stereocenters. The lowest BCUT2D eigenvalue weighted by Crippen LogP contribution is -2.44. The molecule has 8 heteroatoms. The lowest BCUT2D eigenvalue weighted by molar-refractivity contribution is 0.0985. The molecule has 4 heterocycles. The number of pyridine rings is 2. The van der Waals surface area contributed by atoms with Crippen LogP contribution in [0.5, 0.6) is 5.75 Å². The van der Waals surface area contributed by atoms with Crippen LogP contribution in [-0.2, 0) is 4.74 Å². The normalized spacial score (nSPS) is 17.7. The van der Waals surface area contributed by atoms with Gasteiger partial charge in [0.05, 0.1) is 42.6 Å². The molecule has 0 bridgehead atoms. The number of ether oxygens (including phenoxy) is 2. The minimum atomic E-state index is -0.460. The number of nitrogens with one attached hydrogen (secondary N) is 1. The summed E-state index contributed by atoms with van der Waals surface area (Å²) in [5.41, 5.74) is 1.67. The third-order valence-corrected chi connectivity index (χ3v) is 4.52. The van der Waals surface area contributed by atoms with Crippen LogP contribution in [0, 0.1) is 5.82 Å². The average molecular weight is 371 g/mol. The van der Waals surface area contributed by atoms with Crippen molar-refractivity contribution in [3.63, 3.8) is 0 Å². The number of fused-ring (bicyclic) bond motifs is 1. The lowest BCUT2D eigenvalue weighted by atomic mass is 10.1. The third-order valence-electron chi connectivity index (χ3n) is 4.52. The molecule has 0 saturated carbocycles. The molecule has 27 heavy (non-hydrogen) atoms. The van der Waals surface area contributed by atoms with Gasteiger partial charge in [-0.15, -0.1) is 0 Å². The van der Waals surface area contributed by atoms with E-state index in [1.54, 1.807) is 12.3 Å². The molecule has 1 saturated heterocycles. The molecule has 1 atom stereocenters. The van der Waals surface area contributed by atoms with Crippen LogP contribution in [0.1, 0.15) is 20.8 Å². The van der Waals surface area contributed by atoms with Crippen molar-refractivity contribution >= 4 is 16.7 Å². The number of hydrogen-bond donors (Lipinski definition) is 1. The number of aromatic amines is 1. The van der Waals surface area contributed by atoms with Crippen LogP contribution in [0.4, 0.5) is 10.2 Å². The van der Waals surface area contributed by atoms with Gasteiger partial charge in [0, 0.05) is 18.8 Å². The van der Waals surface area contributed by atoms with E-state index < -0.39 is 5.82 Å². The summed E-state index contributed by atoms with van der Waals surface area (Å²) < 4.78 is 26.2. The fourth-order valence-electron chi connectivity index (χ4n) is 3.30. The van der Waals surface area contributed by atoms with Crippen LogP contribution in [0.3, 0.4) is 0 Å². The van der Waals surface area contributed by atoms with Crippen molar-refractivity contribution in [2.45, 2.75) is 32.9 Å². The van der Waals surface area contributed by atoms with Crippen LogP contribution < -0.4 is 9.64 Å². The Kier molecular flexibility index (Phi) is 4.65. The summed E-state index contributed by atoms with van der Waals surface area (Å²) in [5.74, 6) is 0.726. The number of morpholine rings is 1. The number of anilines is 1. The standard InChI is InChI=1S/C19H22FN5O2/c1-11(2)27-15-8-16(25-6-7-26-10-12(25)3)23-19-17(15)13(20)9-21-18(19)14-4-5-22-24-14/h4-5,8-9,11-12H,6-7,10H2,1-3H3,(H,22,24)/t12-/m1/s1. The first-order valence-corrected chi connectivity index (χ1v) is 9.04. The second kappa shape index (κ2) is 7.11. The van der Waals surface area contributed by atoms with Crippen molar-refractivity contribution in [2.24, 2.45) is 0 Å². The molecule has 0 aliphatic carbocycles. The Morgan fingerprint density at radius 3 is 2.96 bits per heavy atom. The lowest BCUT2D eigenvalue weighted by Gasteiger charge is -2.34. The van der Waals surface area contributed by atoms with Gasteiger partial charge in [-0.05, 0) is 26.8 Å². The van der Waals surface area contributed by atoms with E-state index in [4.69, 9.17) is 14.5 Å². The fraction of sp³-hybridized carbons (Fsp3) is 0.421. The van der Waals surface area contributed by atoms with Gasteiger partial charge in [0.2, 0.25) is 0 Å². The van der Waals surface area contributed by atoms with Crippen LogP contribution in [-0.4, -0.2) is 52.1 Å². The molecule has 142 valence electrons. The second-order valence-corrected chi connectivity index (χ2v) is 6.91. The minimum Gasteiger partial charge on any atom is -0.490 e. The van der Waals surface area contributed by atoms with Gasteiger partial charge in [-0.2, -0.15) is 5.10 Å².